The molecule has 0 aliphatic carbocycles. The van der Waals surface area contributed by atoms with Gasteiger partial charge in [-0.05, 0) is 79.7 Å². The molecule has 1 aromatic carbocycles. The van der Waals surface area contributed by atoms with Crippen molar-refractivity contribution in [2.75, 3.05) is 26.2 Å². The molecule has 1 saturated heterocycles. The lowest BCUT2D eigenvalue weighted by molar-refractivity contribution is -0.159. The first-order valence-corrected chi connectivity index (χ1v) is 16.1. The Morgan fingerprint density at radius 1 is 0.909 bits per heavy atom. The van der Waals surface area contributed by atoms with E-state index in [2.05, 4.69) is 10.6 Å². The lowest BCUT2D eigenvalue weighted by Gasteiger charge is -2.29. The summed E-state index contributed by atoms with van der Waals surface area (Å²) in [5.41, 5.74) is -0.0699. The van der Waals surface area contributed by atoms with Crippen molar-refractivity contribution in [1.29, 1.82) is 0 Å². The number of esters is 2. The van der Waals surface area contributed by atoms with E-state index in [4.69, 9.17) is 14.2 Å². The molecule has 0 bridgehead atoms. The van der Waals surface area contributed by atoms with Crippen LogP contribution in [0, 0.1) is 0 Å². The van der Waals surface area contributed by atoms with Gasteiger partial charge in [-0.25, -0.2) is 4.79 Å². The third kappa shape index (κ3) is 14.6. The summed E-state index contributed by atoms with van der Waals surface area (Å²) in [6, 6.07) is 8.75. The number of nitrogens with zero attached hydrogens (tertiary/aromatic N) is 1. The summed E-state index contributed by atoms with van der Waals surface area (Å²) in [5, 5.41) is 6.09. The second-order valence-corrected chi connectivity index (χ2v) is 13.5. The molecule has 1 aliphatic heterocycles. The Kier molecular flexibility index (Phi) is 15.1. The maximum absolute atomic E-state index is 13.8. The van der Waals surface area contributed by atoms with Gasteiger partial charge < -0.3 is 24.4 Å². The lowest BCUT2D eigenvalue weighted by atomic mass is 9.93. The van der Waals surface area contributed by atoms with Crippen LogP contribution in [0.3, 0.4) is 0 Å². The number of benzene rings is 1. The van der Waals surface area contributed by atoms with Crippen LogP contribution in [0.1, 0.15) is 111 Å². The van der Waals surface area contributed by atoms with E-state index in [9.17, 15) is 19.2 Å². The first-order valence-electron chi connectivity index (χ1n) is 16.1. The van der Waals surface area contributed by atoms with Gasteiger partial charge in [-0.3, -0.25) is 19.7 Å². The first-order chi connectivity index (χ1) is 20.7. The molecule has 2 rings (SSSR count). The molecule has 2 unspecified atom stereocenters. The minimum atomic E-state index is -0.661. The van der Waals surface area contributed by atoms with Crippen molar-refractivity contribution in [2.45, 2.75) is 129 Å². The van der Waals surface area contributed by atoms with Gasteiger partial charge in [0.15, 0.2) is 0 Å². The second kappa shape index (κ2) is 18.0. The summed E-state index contributed by atoms with van der Waals surface area (Å²) in [5.74, 6) is -0.979. The molecule has 1 aliphatic rings. The molecule has 1 fully saturated rings. The summed E-state index contributed by atoms with van der Waals surface area (Å²) in [6.07, 6.45) is 5.81. The standard InChI is InChI=1S/C34H55N3O7/c1-8-42-31(40)28(19-15-10-9-11-16-22-35-32(41)44-34(5,6)7)36-27-21-20-26(25-17-13-12-14-18-25)23-37(30(27)39)24-29(38)43-33(2,3)4/h12-14,17-18,26-28,36H,8-11,15-16,19-24H2,1-7H3,(H,35,41)/t26?,27?,28-/m0/s1. The fraction of sp³-hybridized carbons (Fsp3) is 0.706. The number of rotatable bonds is 15. The van der Waals surface area contributed by atoms with Crippen LogP contribution in [0.4, 0.5) is 4.79 Å². The Hall–Kier alpha value is -3.14. The topological polar surface area (TPSA) is 123 Å². The zero-order valence-electron chi connectivity index (χ0n) is 27.9. The van der Waals surface area contributed by atoms with E-state index in [1.165, 1.54) is 0 Å². The normalized spacial score (nSPS) is 18.2. The predicted octanol–water partition coefficient (Wildman–Crippen LogP) is 5.49. The number of nitrogens with one attached hydrogen (secondary N) is 2. The molecule has 44 heavy (non-hydrogen) atoms. The molecule has 0 radical (unpaired) electrons. The molecule has 2 amide bonds. The second-order valence-electron chi connectivity index (χ2n) is 13.5. The zero-order valence-corrected chi connectivity index (χ0v) is 27.9. The molecule has 1 heterocycles. The molecule has 3 atom stereocenters. The van der Waals surface area contributed by atoms with Gasteiger partial charge in [-0.15, -0.1) is 0 Å². The average molecular weight is 618 g/mol. The number of hydrogen-bond donors (Lipinski definition) is 2. The van der Waals surface area contributed by atoms with Gasteiger partial charge in [0.1, 0.15) is 23.8 Å². The largest absolute Gasteiger partial charge is 0.465 e. The molecule has 10 nitrogen and oxygen atoms in total. The Morgan fingerprint density at radius 3 is 2.18 bits per heavy atom. The van der Waals surface area contributed by atoms with Crippen LogP contribution in [-0.4, -0.2) is 78.4 Å². The van der Waals surface area contributed by atoms with Gasteiger partial charge in [-0.1, -0.05) is 56.0 Å². The molecule has 0 spiro atoms. The fourth-order valence-electron chi connectivity index (χ4n) is 5.25. The van der Waals surface area contributed by atoms with E-state index in [-0.39, 0.29) is 30.9 Å². The summed E-state index contributed by atoms with van der Waals surface area (Å²) >= 11 is 0. The highest BCUT2D eigenvalue weighted by Gasteiger charge is 2.36. The van der Waals surface area contributed by atoms with Crippen molar-refractivity contribution >= 4 is 23.9 Å². The van der Waals surface area contributed by atoms with Crippen molar-refractivity contribution in [2.24, 2.45) is 0 Å². The number of amides is 2. The summed E-state index contributed by atoms with van der Waals surface area (Å²) in [6.45, 7) is 13.7. The number of likely N-dealkylation sites (tertiary alicyclic amines) is 1. The van der Waals surface area contributed by atoms with Crippen LogP contribution in [0.5, 0.6) is 0 Å². The van der Waals surface area contributed by atoms with Gasteiger partial charge >= 0.3 is 18.0 Å². The molecule has 10 heteroatoms. The van der Waals surface area contributed by atoms with Gasteiger partial charge in [0.05, 0.1) is 12.6 Å². The maximum atomic E-state index is 13.8. The summed E-state index contributed by atoms with van der Waals surface area (Å²) in [7, 11) is 0. The van der Waals surface area contributed by atoms with E-state index < -0.39 is 35.3 Å². The monoisotopic (exact) mass is 617 g/mol. The van der Waals surface area contributed by atoms with Gasteiger partial charge in [0.2, 0.25) is 5.91 Å². The van der Waals surface area contributed by atoms with E-state index in [1.807, 2.05) is 51.1 Å². The zero-order chi connectivity index (χ0) is 32.8. The van der Waals surface area contributed by atoms with Crippen molar-refractivity contribution in [3.63, 3.8) is 0 Å². The Bertz CT molecular complexity index is 1050. The number of alkyl carbamates (subject to hydrolysis) is 1. The van der Waals surface area contributed by atoms with Gasteiger partial charge in [-0.2, -0.15) is 0 Å². The molecule has 1 aromatic rings. The van der Waals surface area contributed by atoms with Crippen LogP contribution in [0.15, 0.2) is 30.3 Å². The number of unbranched alkanes of at least 4 members (excludes halogenated alkanes) is 4. The quantitative estimate of drug-likeness (QED) is 0.151. The summed E-state index contributed by atoms with van der Waals surface area (Å²) < 4.78 is 16.1. The summed E-state index contributed by atoms with van der Waals surface area (Å²) in [4.78, 5) is 52.9. The molecular weight excluding hydrogens is 562 g/mol. The van der Waals surface area contributed by atoms with E-state index in [1.54, 1.807) is 32.6 Å². The van der Waals surface area contributed by atoms with Gasteiger partial charge in [0, 0.05) is 19.0 Å². The molecule has 2 N–H and O–H groups in total. The third-order valence-electron chi connectivity index (χ3n) is 7.18. The number of ether oxygens (including phenoxy) is 3. The minimum Gasteiger partial charge on any atom is -0.465 e. The smallest absolute Gasteiger partial charge is 0.407 e. The SMILES string of the molecule is CCOC(=O)[C@H](CCCCCCCNC(=O)OC(C)(C)C)NC1CCC(c2ccccc2)CN(CC(=O)OC(C)(C)C)C1=O. The predicted molar refractivity (Wildman–Crippen MR) is 170 cm³/mol. The van der Waals surface area contributed by atoms with Crippen molar-refractivity contribution in [1.82, 2.24) is 15.5 Å². The fourth-order valence-corrected chi connectivity index (χ4v) is 5.25. The molecule has 0 saturated carbocycles. The lowest BCUT2D eigenvalue weighted by Crippen LogP contribution is -2.52. The van der Waals surface area contributed by atoms with Crippen LogP contribution < -0.4 is 10.6 Å². The third-order valence-corrected chi connectivity index (χ3v) is 7.18. The van der Waals surface area contributed by atoms with E-state index >= 15 is 0 Å². The van der Waals surface area contributed by atoms with Crippen molar-refractivity contribution in [3.05, 3.63) is 35.9 Å². The molecule has 248 valence electrons. The Balaban J connectivity index is 1.99. The highest BCUT2D eigenvalue weighted by molar-refractivity contribution is 5.87. The van der Waals surface area contributed by atoms with E-state index in [0.29, 0.717) is 25.9 Å². The Morgan fingerprint density at radius 2 is 1.55 bits per heavy atom. The highest BCUT2D eigenvalue weighted by atomic mass is 16.6. The van der Waals surface area contributed by atoms with Crippen LogP contribution in [-0.2, 0) is 28.6 Å². The van der Waals surface area contributed by atoms with Crippen LogP contribution >= 0.6 is 0 Å². The highest BCUT2D eigenvalue weighted by Crippen LogP contribution is 2.28. The number of carbonyl (C=O) groups excluding carboxylic acids is 4. The van der Waals surface area contributed by atoms with Crippen molar-refractivity contribution in [3.8, 4) is 0 Å². The maximum Gasteiger partial charge on any atom is 0.407 e. The average Bonchev–Trinajstić information content (AvgIpc) is 3.06. The Labute approximate surface area is 263 Å². The van der Waals surface area contributed by atoms with Crippen LogP contribution in [0.25, 0.3) is 0 Å². The number of carbonyl (C=O) groups is 4. The van der Waals surface area contributed by atoms with Gasteiger partial charge in [0.25, 0.3) is 0 Å². The minimum absolute atomic E-state index is 0.0558. The number of hydrogen-bond acceptors (Lipinski definition) is 8. The first kappa shape index (κ1) is 37.0. The van der Waals surface area contributed by atoms with Crippen LogP contribution in [0.2, 0.25) is 0 Å². The molecular formula is C34H55N3O7. The van der Waals surface area contributed by atoms with Crippen molar-refractivity contribution < 1.29 is 33.4 Å². The van der Waals surface area contributed by atoms with E-state index in [0.717, 1.165) is 44.1 Å². The molecule has 0 aromatic heterocycles.